The van der Waals surface area contributed by atoms with Gasteiger partial charge in [0.15, 0.2) is 5.96 Å². The molecule has 0 radical (unpaired) electrons. The van der Waals surface area contributed by atoms with Crippen molar-refractivity contribution >= 4 is 11.6 Å². The van der Waals surface area contributed by atoms with E-state index in [2.05, 4.69) is 39.3 Å². The summed E-state index contributed by atoms with van der Waals surface area (Å²) >= 11 is 0. The van der Waals surface area contributed by atoms with Crippen LogP contribution in [-0.4, -0.2) is 63.2 Å². The molecule has 1 aliphatic rings. The van der Waals surface area contributed by atoms with Crippen LogP contribution >= 0.6 is 0 Å². The number of halogens is 1. The number of hydrogen-bond acceptors (Lipinski definition) is 3. The minimum atomic E-state index is -0.179. The number of nitrogens with zero attached hydrogens (tertiary/aromatic N) is 3. The van der Waals surface area contributed by atoms with Crippen LogP contribution in [0.25, 0.3) is 0 Å². The summed E-state index contributed by atoms with van der Waals surface area (Å²) < 4.78 is 13.0. The van der Waals surface area contributed by atoms with Crippen molar-refractivity contribution < 1.29 is 4.39 Å². The number of nitrogens with one attached hydrogen (secondary N) is 2. The highest BCUT2D eigenvalue weighted by Crippen LogP contribution is 2.16. The van der Waals surface area contributed by atoms with E-state index in [1.807, 2.05) is 12.1 Å². The molecule has 0 saturated carbocycles. The second kappa shape index (κ2) is 8.72. The van der Waals surface area contributed by atoms with Crippen LogP contribution in [0.4, 0.5) is 10.1 Å². The monoisotopic (exact) mass is 321 g/mol. The summed E-state index contributed by atoms with van der Waals surface area (Å²) in [4.78, 5) is 8.96. The third-order valence-corrected chi connectivity index (χ3v) is 3.93. The third kappa shape index (κ3) is 5.71. The van der Waals surface area contributed by atoms with Gasteiger partial charge in [-0.3, -0.25) is 9.89 Å². The molecule has 1 heterocycles. The SMILES string of the molecule is CN=C(NCCN1CCN(c2ccc(F)cc2)CC1)NC(C)C. The lowest BCUT2D eigenvalue weighted by molar-refractivity contribution is 0.261. The molecular formula is C17H28FN5. The van der Waals surface area contributed by atoms with E-state index >= 15 is 0 Å². The molecule has 1 fully saturated rings. The van der Waals surface area contributed by atoms with Crippen molar-refractivity contribution in [2.24, 2.45) is 4.99 Å². The van der Waals surface area contributed by atoms with Crippen LogP contribution in [0.2, 0.25) is 0 Å². The van der Waals surface area contributed by atoms with Crippen LogP contribution < -0.4 is 15.5 Å². The molecule has 128 valence electrons. The van der Waals surface area contributed by atoms with E-state index in [1.54, 1.807) is 7.05 Å². The Morgan fingerprint density at radius 3 is 2.39 bits per heavy atom. The first-order chi connectivity index (χ1) is 11.1. The zero-order valence-corrected chi connectivity index (χ0v) is 14.3. The van der Waals surface area contributed by atoms with Gasteiger partial charge in [0.1, 0.15) is 5.82 Å². The lowest BCUT2D eigenvalue weighted by Gasteiger charge is -2.36. The lowest BCUT2D eigenvalue weighted by Crippen LogP contribution is -2.49. The molecule has 0 amide bonds. The van der Waals surface area contributed by atoms with Gasteiger partial charge in [0.05, 0.1) is 0 Å². The average molecular weight is 321 g/mol. The fourth-order valence-corrected chi connectivity index (χ4v) is 2.68. The number of guanidine groups is 1. The van der Waals surface area contributed by atoms with E-state index in [9.17, 15) is 4.39 Å². The molecule has 2 N–H and O–H groups in total. The smallest absolute Gasteiger partial charge is 0.191 e. The van der Waals surface area contributed by atoms with Gasteiger partial charge in [0.2, 0.25) is 0 Å². The van der Waals surface area contributed by atoms with Crippen molar-refractivity contribution in [2.75, 3.05) is 51.2 Å². The molecule has 1 aromatic rings. The number of hydrogen-bond donors (Lipinski definition) is 2. The molecular weight excluding hydrogens is 293 g/mol. The Morgan fingerprint density at radius 2 is 1.83 bits per heavy atom. The number of piperazine rings is 1. The second-order valence-corrected chi connectivity index (χ2v) is 6.10. The Kier molecular flexibility index (Phi) is 6.65. The molecule has 0 unspecified atom stereocenters. The molecule has 1 aromatic carbocycles. The highest BCUT2D eigenvalue weighted by Gasteiger charge is 2.16. The lowest BCUT2D eigenvalue weighted by atomic mass is 10.2. The summed E-state index contributed by atoms with van der Waals surface area (Å²) in [5.41, 5.74) is 1.10. The molecule has 5 nitrogen and oxygen atoms in total. The average Bonchev–Trinajstić information content (AvgIpc) is 2.55. The molecule has 0 spiro atoms. The Hall–Kier alpha value is -1.82. The largest absolute Gasteiger partial charge is 0.369 e. The van der Waals surface area contributed by atoms with Gasteiger partial charge in [-0.05, 0) is 38.1 Å². The van der Waals surface area contributed by atoms with Gasteiger partial charge in [-0.1, -0.05) is 0 Å². The first-order valence-electron chi connectivity index (χ1n) is 8.28. The van der Waals surface area contributed by atoms with Crippen LogP contribution in [-0.2, 0) is 0 Å². The second-order valence-electron chi connectivity index (χ2n) is 6.10. The van der Waals surface area contributed by atoms with Crippen molar-refractivity contribution in [2.45, 2.75) is 19.9 Å². The van der Waals surface area contributed by atoms with Crippen LogP contribution in [0.1, 0.15) is 13.8 Å². The van der Waals surface area contributed by atoms with E-state index in [1.165, 1.54) is 12.1 Å². The summed E-state index contributed by atoms with van der Waals surface area (Å²) in [6.45, 7) is 10.1. The first-order valence-corrected chi connectivity index (χ1v) is 8.28. The molecule has 6 heteroatoms. The minimum Gasteiger partial charge on any atom is -0.369 e. The fourth-order valence-electron chi connectivity index (χ4n) is 2.68. The van der Waals surface area contributed by atoms with E-state index < -0.39 is 0 Å². The Bertz CT molecular complexity index is 492. The maximum atomic E-state index is 13.0. The van der Waals surface area contributed by atoms with Gasteiger partial charge in [-0.2, -0.15) is 0 Å². The molecule has 0 aliphatic carbocycles. The van der Waals surface area contributed by atoms with Crippen LogP contribution in [0.5, 0.6) is 0 Å². The van der Waals surface area contributed by atoms with Gasteiger partial charge < -0.3 is 15.5 Å². The summed E-state index contributed by atoms with van der Waals surface area (Å²) in [5, 5.41) is 6.62. The highest BCUT2D eigenvalue weighted by molar-refractivity contribution is 5.79. The molecule has 1 aliphatic heterocycles. The Balaban J connectivity index is 1.69. The molecule has 0 atom stereocenters. The van der Waals surface area contributed by atoms with E-state index in [0.29, 0.717) is 6.04 Å². The third-order valence-electron chi connectivity index (χ3n) is 3.93. The quantitative estimate of drug-likeness (QED) is 0.637. The van der Waals surface area contributed by atoms with Gasteiger partial charge in [-0.15, -0.1) is 0 Å². The normalized spacial score (nSPS) is 16.7. The zero-order chi connectivity index (χ0) is 16.7. The Labute approximate surface area is 138 Å². The summed E-state index contributed by atoms with van der Waals surface area (Å²) in [6.07, 6.45) is 0. The minimum absolute atomic E-state index is 0.179. The summed E-state index contributed by atoms with van der Waals surface area (Å²) in [7, 11) is 1.79. The predicted molar refractivity (Wildman–Crippen MR) is 94.7 cm³/mol. The number of rotatable bonds is 5. The van der Waals surface area contributed by atoms with Crippen molar-refractivity contribution in [1.29, 1.82) is 0 Å². The van der Waals surface area contributed by atoms with E-state index in [-0.39, 0.29) is 5.82 Å². The molecule has 1 saturated heterocycles. The number of benzene rings is 1. The number of anilines is 1. The Morgan fingerprint density at radius 1 is 1.17 bits per heavy atom. The van der Waals surface area contributed by atoms with E-state index in [4.69, 9.17) is 0 Å². The van der Waals surface area contributed by atoms with Crippen molar-refractivity contribution in [3.8, 4) is 0 Å². The van der Waals surface area contributed by atoms with Gasteiger partial charge >= 0.3 is 0 Å². The summed E-state index contributed by atoms with van der Waals surface area (Å²) in [5.74, 6) is 0.673. The van der Waals surface area contributed by atoms with Crippen molar-refractivity contribution in [1.82, 2.24) is 15.5 Å². The molecule has 2 rings (SSSR count). The van der Waals surface area contributed by atoms with Crippen molar-refractivity contribution in [3.63, 3.8) is 0 Å². The first kappa shape index (κ1) is 17.5. The fraction of sp³-hybridized carbons (Fsp3) is 0.588. The van der Waals surface area contributed by atoms with Gasteiger partial charge in [0, 0.05) is 58.0 Å². The van der Waals surface area contributed by atoms with E-state index in [0.717, 1.165) is 50.9 Å². The standard InChI is InChI=1S/C17H28FN5/c1-14(2)21-17(19-3)20-8-9-22-10-12-23(13-11-22)16-6-4-15(18)5-7-16/h4-7,14H,8-13H2,1-3H3,(H2,19,20,21). The topological polar surface area (TPSA) is 42.9 Å². The van der Waals surface area contributed by atoms with Crippen molar-refractivity contribution in [3.05, 3.63) is 30.1 Å². The van der Waals surface area contributed by atoms with Crippen LogP contribution in [0.15, 0.2) is 29.3 Å². The molecule has 0 aromatic heterocycles. The molecule has 0 bridgehead atoms. The van der Waals surface area contributed by atoms with Gasteiger partial charge in [0.25, 0.3) is 0 Å². The summed E-state index contributed by atoms with van der Waals surface area (Å²) in [6, 6.07) is 7.14. The zero-order valence-electron chi connectivity index (χ0n) is 14.3. The van der Waals surface area contributed by atoms with Crippen LogP contribution in [0, 0.1) is 5.82 Å². The maximum Gasteiger partial charge on any atom is 0.191 e. The van der Waals surface area contributed by atoms with Crippen LogP contribution in [0.3, 0.4) is 0 Å². The maximum absolute atomic E-state index is 13.0. The predicted octanol–water partition coefficient (Wildman–Crippen LogP) is 1.52. The van der Waals surface area contributed by atoms with Gasteiger partial charge in [-0.25, -0.2) is 4.39 Å². The highest BCUT2D eigenvalue weighted by atomic mass is 19.1. The molecule has 23 heavy (non-hydrogen) atoms. The number of aliphatic imine (C=N–C) groups is 1.